The van der Waals surface area contributed by atoms with Gasteiger partial charge < -0.3 is 16.3 Å². The third kappa shape index (κ3) is 4.00. The van der Waals surface area contributed by atoms with Crippen LogP contribution in [0.3, 0.4) is 0 Å². The lowest BCUT2D eigenvalue weighted by atomic mass is 9.72. The maximum Gasteiger partial charge on any atom is 0.390 e. The predicted molar refractivity (Wildman–Crippen MR) is 62.6 cm³/mol. The molecule has 0 bridgehead atoms. The Morgan fingerprint density at radius 1 is 1.32 bits per heavy atom. The fraction of sp³-hybridized carbons (Fsp3) is 0.818. The summed E-state index contributed by atoms with van der Waals surface area (Å²) < 4.78 is 36.1. The molecule has 0 aromatic rings. The van der Waals surface area contributed by atoms with E-state index in [9.17, 15) is 18.0 Å². The van der Waals surface area contributed by atoms with Gasteiger partial charge in [-0.2, -0.15) is 13.2 Å². The first-order chi connectivity index (χ1) is 8.82. The number of amidine groups is 1. The molecule has 1 rings (SSSR count). The third-order valence-corrected chi connectivity index (χ3v) is 3.43. The molecule has 110 valence electrons. The Morgan fingerprint density at radius 3 is 2.37 bits per heavy atom. The van der Waals surface area contributed by atoms with Crippen LogP contribution in [0.4, 0.5) is 13.2 Å². The summed E-state index contributed by atoms with van der Waals surface area (Å²) in [6, 6.07) is 0. The largest absolute Gasteiger partial charge is 0.409 e. The van der Waals surface area contributed by atoms with Gasteiger partial charge in [0.1, 0.15) is 5.41 Å². The molecule has 0 heterocycles. The smallest absolute Gasteiger partial charge is 0.390 e. The van der Waals surface area contributed by atoms with Crippen LogP contribution in [0, 0.1) is 5.41 Å². The van der Waals surface area contributed by atoms with Gasteiger partial charge >= 0.3 is 6.18 Å². The highest BCUT2D eigenvalue weighted by Gasteiger charge is 2.44. The van der Waals surface area contributed by atoms with Gasteiger partial charge in [0, 0.05) is 6.54 Å². The van der Waals surface area contributed by atoms with E-state index in [4.69, 9.17) is 10.9 Å². The number of halogens is 3. The van der Waals surface area contributed by atoms with Crippen LogP contribution in [0.2, 0.25) is 0 Å². The summed E-state index contributed by atoms with van der Waals surface area (Å²) in [6.07, 6.45) is -2.25. The fourth-order valence-corrected chi connectivity index (χ4v) is 2.34. The minimum Gasteiger partial charge on any atom is -0.409 e. The predicted octanol–water partition coefficient (Wildman–Crippen LogP) is 1.75. The zero-order valence-corrected chi connectivity index (χ0v) is 10.5. The molecule has 0 atom stereocenters. The number of oxime groups is 1. The van der Waals surface area contributed by atoms with Crippen LogP contribution in [0.15, 0.2) is 5.16 Å². The molecule has 4 N–H and O–H groups in total. The van der Waals surface area contributed by atoms with Gasteiger partial charge in [0.05, 0.1) is 6.42 Å². The SMILES string of the molecule is NC(=NO)C1(C(=O)NCCC(F)(F)F)CCCCC1. The number of rotatable bonds is 4. The lowest BCUT2D eigenvalue weighted by Gasteiger charge is -2.34. The summed E-state index contributed by atoms with van der Waals surface area (Å²) in [5.74, 6) is -0.816. The molecule has 0 unspecified atom stereocenters. The van der Waals surface area contributed by atoms with E-state index in [1.54, 1.807) is 0 Å². The topological polar surface area (TPSA) is 87.7 Å². The Morgan fingerprint density at radius 2 is 1.89 bits per heavy atom. The number of nitrogens with zero attached hydrogens (tertiary/aromatic N) is 1. The van der Waals surface area contributed by atoms with Crippen molar-refractivity contribution in [3.63, 3.8) is 0 Å². The number of nitrogens with one attached hydrogen (secondary N) is 1. The van der Waals surface area contributed by atoms with E-state index < -0.39 is 30.5 Å². The lowest BCUT2D eigenvalue weighted by Crippen LogP contribution is -2.51. The van der Waals surface area contributed by atoms with Crippen molar-refractivity contribution in [3.05, 3.63) is 0 Å². The normalized spacial score (nSPS) is 20.1. The molecule has 1 aliphatic carbocycles. The van der Waals surface area contributed by atoms with Crippen molar-refractivity contribution in [2.75, 3.05) is 6.54 Å². The summed E-state index contributed by atoms with van der Waals surface area (Å²) in [5, 5.41) is 13.9. The highest BCUT2D eigenvalue weighted by molar-refractivity contribution is 6.06. The van der Waals surface area contributed by atoms with Crippen molar-refractivity contribution in [1.29, 1.82) is 0 Å². The van der Waals surface area contributed by atoms with E-state index in [0.29, 0.717) is 12.8 Å². The molecule has 8 heteroatoms. The van der Waals surface area contributed by atoms with Gasteiger partial charge in [0.15, 0.2) is 5.84 Å². The van der Waals surface area contributed by atoms with E-state index >= 15 is 0 Å². The van der Waals surface area contributed by atoms with E-state index in [1.807, 2.05) is 0 Å². The molecule has 1 fully saturated rings. The molecule has 0 aliphatic heterocycles. The van der Waals surface area contributed by atoms with Gasteiger partial charge in [-0.15, -0.1) is 0 Å². The van der Waals surface area contributed by atoms with Crippen molar-refractivity contribution < 1.29 is 23.2 Å². The summed E-state index contributed by atoms with van der Waals surface area (Å²) >= 11 is 0. The van der Waals surface area contributed by atoms with Crippen LogP contribution in [0.1, 0.15) is 38.5 Å². The molecular weight excluding hydrogens is 263 g/mol. The van der Waals surface area contributed by atoms with Gasteiger partial charge in [0.25, 0.3) is 0 Å². The van der Waals surface area contributed by atoms with Crippen molar-refractivity contribution in [3.8, 4) is 0 Å². The van der Waals surface area contributed by atoms with Crippen LogP contribution >= 0.6 is 0 Å². The summed E-state index contributed by atoms with van der Waals surface area (Å²) in [6.45, 7) is -0.497. The molecular formula is C11H18F3N3O2. The van der Waals surface area contributed by atoms with E-state index in [-0.39, 0.29) is 5.84 Å². The maximum atomic E-state index is 12.1. The van der Waals surface area contributed by atoms with Gasteiger partial charge in [-0.25, -0.2) is 0 Å². The molecule has 0 aromatic carbocycles. The Bertz CT molecular complexity index is 350. The Labute approximate surface area is 109 Å². The van der Waals surface area contributed by atoms with Crippen LogP contribution in [-0.4, -0.2) is 29.7 Å². The number of amides is 1. The molecule has 1 aliphatic rings. The zero-order valence-electron chi connectivity index (χ0n) is 10.5. The third-order valence-electron chi connectivity index (χ3n) is 3.43. The Balaban J connectivity index is 2.68. The van der Waals surface area contributed by atoms with Crippen molar-refractivity contribution >= 4 is 11.7 Å². The monoisotopic (exact) mass is 281 g/mol. The average molecular weight is 281 g/mol. The van der Waals surface area contributed by atoms with Gasteiger partial charge in [-0.05, 0) is 12.8 Å². The number of nitrogens with two attached hydrogens (primary N) is 1. The van der Waals surface area contributed by atoms with E-state index in [2.05, 4.69) is 10.5 Å². The van der Waals surface area contributed by atoms with E-state index in [0.717, 1.165) is 19.3 Å². The number of alkyl halides is 3. The van der Waals surface area contributed by atoms with Crippen molar-refractivity contribution in [2.45, 2.75) is 44.7 Å². The molecule has 0 aromatic heterocycles. The first kappa shape index (κ1) is 15.6. The van der Waals surface area contributed by atoms with Crippen LogP contribution < -0.4 is 11.1 Å². The second-order valence-electron chi connectivity index (χ2n) is 4.75. The number of hydrogen-bond acceptors (Lipinski definition) is 3. The van der Waals surface area contributed by atoms with Gasteiger partial charge in [-0.3, -0.25) is 4.79 Å². The maximum absolute atomic E-state index is 12.1. The molecule has 1 amide bonds. The summed E-state index contributed by atoms with van der Waals surface area (Å²) in [5.41, 5.74) is 4.39. The Kier molecular flexibility index (Phi) is 5.02. The minimum atomic E-state index is -4.32. The van der Waals surface area contributed by atoms with Crippen molar-refractivity contribution in [2.24, 2.45) is 16.3 Å². The average Bonchev–Trinajstić information content (AvgIpc) is 2.36. The molecule has 19 heavy (non-hydrogen) atoms. The summed E-state index contributed by atoms with van der Waals surface area (Å²) in [7, 11) is 0. The number of carbonyl (C=O) groups is 1. The number of carbonyl (C=O) groups excluding carboxylic acids is 1. The highest BCUT2D eigenvalue weighted by atomic mass is 19.4. The highest BCUT2D eigenvalue weighted by Crippen LogP contribution is 2.36. The standard InChI is InChI=1S/C11H18F3N3O2/c12-11(13,14)6-7-16-9(18)10(8(15)17-19)4-2-1-3-5-10/h19H,1-7H2,(H2,15,17)(H,16,18). The summed E-state index contributed by atoms with van der Waals surface area (Å²) in [4.78, 5) is 12.1. The molecule has 1 saturated carbocycles. The van der Waals surface area contributed by atoms with Gasteiger partial charge in [0.2, 0.25) is 5.91 Å². The molecule has 0 radical (unpaired) electrons. The van der Waals surface area contributed by atoms with Gasteiger partial charge in [-0.1, -0.05) is 24.4 Å². The Hall–Kier alpha value is -1.47. The van der Waals surface area contributed by atoms with Crippen LogP contribution in [0.5, 0.6) is 0 Å². The molecule has 0 spiro atoms. The lowest BCUT2D eigenvalue weighted by molar-refractivity contribution is -0.138. The van der Waals surface area contributed by atoms with Crippen molar-refractivity contribution in [1.82, 2.24) is 5.32 Å². The second kappa shape index (κ2) is 6.12. The van der Waals surface area contributed by atoms with Crippen LogP contribution in [0.25, 0.3) is 0 Å². The zero-order chi connectivity index (χ0) is 14.5. The molecule has 0 saturated heterocycles. The quantitative estimate of drug-likeness (QED) is 0.317. The minimum absolute atomic E-state index is 0.225. The first-order valence-corrected chi connectivity index (χ1v) is 6.15. The first-order valence-electron chi connectivity index (χ1n) is 6.15. The fourth-order valence-electron chi connectivity index (χ4n) is 2.34. The van der Waals surface area contributed by atoms with E-state index in [1.165, 1.54) is 0 Å². The number of hydrogen-bond donors (Lipinski definition) is 3. The molecule has 5 nitrogen and oxygen atoms in total. The second-order valence-corrected chi connectivity index (χ2v) is 4.75. The van der Waals surface area contributed by atoms with Crippen LogP contribution in [-0.2, 0) is 4.79 Å².